The summed E-state index contributed by atoms with van der Waals surface area (Å²) >= 11 is 6.26. The van der Waals surface area contributed by atoms with Crippen LogP contribution < -0.4 is 4.72 Å². The number of halogens is 1. The van der Waals surface area contributed by atoms with Gasteiger partial charge in [0.15, 0.2) is 4.34 Å². The zero-order valence-corrected chi connectivity index (χ0v) is 12.2. The summed E-state index contributed by atoms with van der Waals surface area (Å²) in [5, 5.41) is 17.9. The molecule has 108 valence electrons. The van der Waals surface area contributed by atoms with Crippen molar-refractivity contribution in [2.24, 2.45) is 0 Å². The van der Waals surface area contributed by atoms with Crippen LogP contribution in [-0.4, -0.2) is 34.9 Å². The molecule has 0 fully saturated rings. The van der Waals surface area contributed by atoms with Gasteiger partial charge in [0.2, 0.25) is 10.0 Å². The first-order valence-electron chi connectivity index (χ1n) is 5.17. The molecule has 0 aliphatic heterocycles. The van der Waals surface area contributed by atoms with E-state index in [-0.39, 0.29) is 15.1 Å². The van der Waals surface area contributed by atoms with Crippen molar-refractivity contribution in [1.29, 1.82) is 0 Å². The van der Waals surface area contributed by atoms with Crippen molar-refractivity contribution < 1.29 is 13.3 Å². The highest BCUT2D eigenvalue weighted by molar-refractivity contribution is 7.91. The molecule has 0 saturated carbocycles. The Hall–Kier alpha value is -1.56. The predicted octanol–water partition coefficient (Wildman–Crippen LogP) is 0.880. The second-order valence-electron chi connectivity index (χ2n) is 3.55. The number of nitrogens with zero attached hydrogens (tertiary/aromatic N) is 4. The summed E-state index contributed by atoms with van der Waals surface area (Å²) in [6.45, 7) is 0.370. The van der Waals surface area contributed by atoms with Crippen LogP contribution in [0.4, 0.5) is 5.69 Å². The molecule has 2 rings (SSSR count). The van der Waals surface area contributed by atoms with Crippen molar-refractivity contribution in [3.63, 3.8) is 0 Å². The van der Waals surface area contributed by atoms with Gasteiger partial charge < -0.3 is 0 Å². The highest BCUT2D eigenvalue weighted by atomic mass is 35.5. The van der Waals surface area contributed by atoms with Crippen LogP contribution >= 0.6 is 22.9 Å². The largest absolute Gasteiger partial charge is 0.300 e. The van der Waals surface area contributed by atoms with E-state index >= 15 is 0 Å². The molecule has 12 heteroatoms. The number of rotatable bonds is 6. The first-order chi connectivity index (χ1) is 9.40. The average Bonchev–Trinajstić information content (AvgIpc) is 2.98. The Bertz CT molecular complexity index is 711. The molecule has 2 aromatic heterocycles. The maximum atomic E-state index is 11.9. The van der Waals surface area contributed by atoms with Crippen LogP contribution in [0.25, 0.3) is 0 Å². The zero-order valence-electron chi connectivity index (χ0n) is 9.76. The van der Waals surface area contributed by atoms with Gasteiger partial charge in [0, 0.05) is 18.8 Å². The highest BCUT2D eigenvalue weighted by Crippen LogP contribution is 2.35. The number of thiophene rings is 1. The third-order valence-electron chi connectivity index (χ3n) is 2.21. The van der Waals surface area contributed by atoms with E-state index in [4.69, 9.17) is 11.6 Å². The molecule has 0 unspecified atom stereocenters. The fourth-order valence-corrected chi connectivity index (χ4v) is 4.04. The normalized spacial score (nSPS) is 11.7. The smallest absolute Gasteiger partial charge is 0.258 e. The van der Waals surface area contributed by atoms with Crippen LogP contribution in [0, 0.1) is 10.1 Å². The summed E-state index contributed by atoms with van der Waals surface area (Å²) in [4.78, 5) is 9.90. The maximum Gasteiger partial charge on any atom is 0.300 e. The average molecular weight is 338 g/mol. The molecule has 0 aromatic carbocycles. The van der Waals surface area contributed by atoms with Crippen LogP contribution in [0.1, 0.15) is 0 Å². The first kappa shape index (κ1) is 14.8. The molecule has 0 aliphatic rings. The number of aromatic nitrogens is 3. The van der Waals surface area contributed by atoms with Crippen molar-refractivity contribution >= 4 is 38.6 Å². The van der Waals surface area contributed by atoms with E-state index in [9.17, 15) is 18.5 Å². The minimum absolute atomic E-state index is 0.0784. The van der Waals surface area contributed by atoms with Crippen LogP contribution in [0.2, 0.25) is 4.34 Å². The van der Waals surface area contributed by atoms with Crippen LogP contribution in [-0.2, 0) is 16.6 Å². The Morgan fingerprint density at radius 2 is 2.30 bits per heavy atom. The lowest BCUT2D eigenvalue weighted by molar-refractivity contribution is -0.384. The van der Waals surface area contributed by atoms with Crippen molar-refractivity contribution in [2.75, 3.05) is 6.54 Å². The lowest BCUT2D eigenvalue weighted by Crippen LogP contribution is -2.27. The molecular weight excluding hydrogens is 330 g/mol. The number of nitrogens with one attached hydrogen (secondary N) is 1. The molecule has 0 bridgehead atoms. The molecule has 0 amide bonds. The van der Waals surface area contributed by atoms with Gasteiger partial charge in [0.25, 0.3) is 5.69 Å². The Balaban J connectivity index is 2.06. The molecule has 2 heterocycles. The summed E-state index contributed by atoms with van der Waals surface area (Å²) in [6, 6.07) is 0.935. The van der Waals surface area contributed by atoms with Gasteiger partial charge >= 0.3 is 0 Å². The maximum absolute atomic E-state index is 11.9. The van der Waals surface area contributed by atoms with Gasteiger partial charge in [0.05, 0.1) is 17.7 Å². The quantitative estimate of drug-likeness (QED) is 0.617. The lowest BCUT2D eigenvalue weighted by atomic mass is 10.6. The SMILES string of the molecule is O=[N+]([O-])c1cc(S(=O)(=O)NCCn2ccnn2)sc1Cl. The number of sulfonamides is 1. The minimum Gasteiger partial charge on any atom is -0.258 e. The van der Waals surface area contributed by atoms with Crippen LogP contribution in [0.5, 0.6) is 0 Å². The first-order valence-corrected chi connectivity index (χ1v) is 7.85. The Labute approximate surface area is 122 Å². The molecule has 0 saturated heterocycles. The van der Waals surface area contributed by atoms with Crippen molar-refractivity contribution in [2.45, 2.75) is 10.8 Å². The zero-order chi connectivity index (χ0) is 14.8. The van der Waals surface area contributed by atoms with E-state index < -0.39 is 20.6 Å². The highest BCUT2D eigenvalue weighted by Gasteiger charge is 2.24. The van der Waals surface area contributed by atoms with E-state index in [0.717, 1.165) is 6.07 Å². The van der Waals surface area contributed by atoms with E-state index in [2.05, 4.69) is 15.0 Å². The van der Waals surface area contributed by atoms with Gasteiger partial charge in [-0.05, 0) is 0 Å². The number of nitro groups is 1. The molecule has 0 spiro atoms. The third kappa shape index (κ3) is 3.30. The molecule has 9 nitrogen and oxygen atoms in total. The van der Waals surface area contributed by atoms with Gasteiger partial charge in [-0.1, -0.05) is 16.8 Å². The second-order valence-corrected chi connectivity index (χ2v) is 7.19. The molecule has 0 aliphatic carbocycles. The lowest BCUT2D eigenvalue weighted by Gasteiger charge is -2.03. The van der Waals surface area contributed by atoms with Gasteiger partial charge in [-0.3, -0.25) is 14.8 Å². The van der Waals surface area contributed by atoms with Crippen LogP contribution in [0.3, 0.4) is 0 Å². The molecule has 20 heavy (non-hydrogen) atoms. The topological polar surface area (TPSA) is 120 Å². The van der Waals surface area contributed by atoms with E-state index in [0.29, 0.717) is 17.9 Å². The Kier molecular flexibility index (Phi) is 4.32. The Morgan fingerprint density at radius 3 is 2.85 bits per heavy atom. The summed E-state index contributed by atoms with van der Waals surface area (Å²) in [5.74, 6) is 0. The molecule has 1 N–H and O–H groups in total. The van der Waals surface area contributed by atoms with Crippen molar-refractivity contribution in [3.05, 3.63) is 32.9 Å². The minimum atomic E-state index is -3.83. The summed E-state index contributed by atoms with van der Waals surface area (Å²) < 4.78 is 27.2. The molecule has 2 aromatic rings. The third-order valence-corrected chi connectivity index (χ3v) is 5.49. The molecular formula is C8H8ClN5O4S2. The van der Waals surface area contributed by atoms with Crippen LogP contribution in [0.15, 0.2) is 22.7 Å². The summed E-state index contributed by atoms with van der Waals surface area (Å²) in [7, 11) is -3.83. The molecule has 0 atom stereocenters. The monoisotopic (exact) mass is 337 g/mol. The summed E-state index contributed by atoms with van der Waals surface area (Å²) in [5.41, 5.74) is -0.423. The van der Waals surface area contributed by atoms with E-state index in [1.54, 1.807) is 6.20 Å². The fourth-order valence-electron chi connectivity index (χ4n) is 1.31. The van der Waals surface area contributed by atoms with Gasteiger partial charge in [-0.15, -0.1) is 16.4 Å². The second kappa shape index (κ2) is 5.83. The van der Waals surface area contributed by atoms with E-state index in [1.807, 2.05) is 0 Å². The molecule has 0 radical (unpaired) electrons. The summed E-state index contributed by atoms with van der Waals surface area (Å²) in [6.07, 6.45) is 3.05. The fraction of sp³-hybridized carbons (Fsp3) is 0.250. The van der Waals surface area contributed by atoms with Gasteiger partial charge in [0.1, 0.15) is 4.21 Å². The van der Waals surface area contributed by atoms with E-state index in [1.165, 1.54) is 10.9 Å². The van der Waals surface area contributed by atoms with Gasteiger partial charge in [-0.2, -0.15) is 0 Å². The van der Waals surface area contributed by atoms with Crippen molar-refractivity contribution in [3.8, 4) is 0 Å². The number of hydrogen-bond donors (Lipinski definition) is 1. The number of hydrogen-bond acceptors (Lipinski definition) is 7. The van der Waals surface area contributed by atoms with Gasteiger partial charge in [-0.25, -0.2) is 13.1 Å². The predicted molar refractivity (Wildman–Crippen MR) is 71.2 cm³/mol. The Morgan fingerprint density at radius 1 is 1.55 bits per heavy atom. The standard InChI is InChI=1S/C8H8ClN5O4S2/c9-8-6(14(15)16)5-7(19-8)20(17,18)11-2-4-13-3-1-10-12-13/h1,3,5,11H,2,4H2. The van der Waals surface area contributed by atoms with Crippen molar-refractivity contribution in [1.82, 2.24) is 19.7 Å².